The van der Waals surface area contributed by atoms with E-state index in [1.165, 1.54) is 0 Å². The van der Waals surface area contributed by atoms with E-state index in [9.17, 15) is 9.59 Å². The van der Waals surface area contributed by atoms with Gasteiger partial charge in [-0.2, -0.15) is 0 Å². The van der Waals surface area contributed by atoms with Crippen LogP contribution in [-0.4, -0.2) is 56.2 Å². The van der Waals surface area contributed by atoms with Crippen molar-refractivity contribution < 1.29 is 23.5 Å². The van der Waals surface area contributed by atoms with E-state index >= 15 is 0 Å². The first kappa shape index (κ1) is 25.0. The first-order valence-electron chi connectivity index (χ1n) is 10.5. The summed E-state index contributed by atoms with van der Waals surface area (Å²) in [7, 11) is -1.89. The Balaban J connectivity index is 2.86. The molecule has 2 atom stereocenters. The predicted octanol–water partition coefficient (Wildman–Crippen LogP) is 5.12. The number of carbonyl (C=O) groups is 2. The lowest BCUT2D eigenvalue weighted by molar-refractivity contribution is -0.143. The molecule has 0 N–H and O–H groups in total. The van der Waals surface area contributed by atoms with Crippen LogP contribution in [0.2, 0.25) is 18.1 Å². The van der Waals surface area contributed by atoms with Crippen molar-refractivity contribution in [3.8, 4) is 0 Å². The number of likely N-dealkylation sites (tertiary alicyclic amines) is 1. The average Bonchev–Trinajstić information content (AvgIpc) is 2.50. The minimum Gasteiger partial charge on any atom is -0.466 e. The summed E-state index contributed by atoms with van der Waals surface area (Å²) in [5, 5.41) is 0.135. The largest absolute Gasteiger partial charge is 0.466 e. The molecule has 164 valence electrons. The fraction of sp³-hybridized carbons (Fsp3) is 0.905. The highest BCUT2D eigenvalue weighted by Gasteiger charge is 2.42. The molecule has 0 unspecified atom stereocenters. The Bertz CT molecular complexity index is 536. The molecular formula is C21H41NO5Si. The minimum atomic E-state index is -1.89. The molecule has 0 spiro atoms. The second-order valence-electron chi connectivity index (χ2n) is 10.2. The molecule has 1 rings (SSSR count). The zero-order valence-corrected chi connectivity index (χ0v) is 20.4. The van der Waals surface area contributed by atoms with Gasteiger partial charge in [0.2, 0.25) is 0 Å². The van der Waals surface area contributed by atoms with Crippen LogP contribution in [0.4, 0.5) is 4.79 Å². The average molecular weight is 416 g/mol. The Labute approximate surface area is 172 Å². The number of esters is 1. The number of hydrogen-bond donors (Lipinski definition) is 0. The normalized spacial score (nSPS) is 21.4. The van der Waals surface area contributed by atoms with Gasteiger partial charge in [0.05, 0.1) is 6.61 Å². The molecular weight excluding hydrogens is 374 g/mol. The molecule has 6 nitrogen and oxygen atoms in total. The molecule has 1 saturated heterocycles. The van der Waals surface area contributed by atoms with Gasteiger partial charge in [-0.15, -0.1) is 0 Å². The molecule has 0 saturated carbocycles. The molecule has 1 heterocycles. The second-order valence-corrected chi connectivity index (χ2v) is 15.0. The summed E-state index contributed by atoms with van der Waals surface area (Å²) < 4.78 is 17.3. The van der Waals surface area contributed by atoms with Crippen LogP contribution in [0.25, 0.3) is 0 Å². The summed E-state index contributed by atoms with van der Waals surface area (Å²) in [4.78, 5) is 26.3. The molecule has 0 aromatic rings. The Morgan fingerprint density at radius 1 is 1.11 bits per heavy atom. The molecule has 1 aliphatic heterocycles. The van der Waals surface area contributed by atoms with Gasteiger partial charge in [-0.3, -0.25) is 4.79 Å². The Kier molecular flexibility index (Phi) is 8.57. The molecule has 1 fully saturated rings. The van der Waals surface area contributed by atoms with Gasteiger partial charge >= 0.3 is 12.1 Å². The zero-order chi connectivity index (χ0) is 21.8. The van der Waals surface area contributed by atoms with Crippen LogP contribution in [0.5, 0.6) is 0 Å². The van der Waals surface area contributed by atoms with E-state index < -0.39 is 13.9 Å². The van der Waals surface area contributed by atoms with E-state index in [2.05, 4.69) is 33.9 Å². The van der Waals surface area contributed by atoms with Crippen LogP contribution in [-0.2, 0) is 18.7 Å². The van der Waals surface area contributed by atoms with E-state index in [0.717, 1.165) is 12.8 Å². The topological polar surface area (TPSA) is 65.1 Å². The van der Waals surface area contributed by atoms with E-state index in [-0.39, 0.29) is 29.2 Å². The lowest BCUT2D eigenvalue weighted by Crippen LogP contribution is -2.53. The highest BCUT2D eigenvalue weighted by Crippen LogP contribution is 2.39. The molecule has 1 aliphatic rings. The molecule has 1 amide bonds. The lowest BCUT2D eigenvalue weighted by Gasteiger charge is -2.44. The van der Waals surface area contributed by atoms with E-state index in [0.29, 0.717) is 26.0 Å². The van der Waals surface area contributed by atoms with Gasteiger partial charge in [-0.25, -0.2) is 4.79 Å². The predicted molar refractivity (Wildman–Crippen MR) is 114 cm³/mol. The van der Waals surface area contributed by atoms with Crippen LogP contribution in [0.1, 0.15) is 74.1 Å². The standard InChI is InChI=1S/C21H41NO5Si/c1-10-25-18(23)12-11-16-15-17(27-28(8,9)21(5,6)7)13-14-22(16)19(24)26-20(2,3)4/h16-17H,10-15H2,1-9H3/t16-,17+/m1/s1. The van der Waals surface area contributed by atoms with E-state index in [4.69, 9.17) is 13.9 Å². The van der Waals surface area contributed by atoms with Crippen molar-refractivity contribution >= 4 is 20.4 Å². The third-order valence-electron chi connectivity index (χ3n) is 5.55. The van der Waals surface area contributed by atoms with E-state index in [1.54, 1.807) is 11.8 Å². The third-order valence-corrected chi connectivity index (χ3v) is 10.1. The fourth-order valence-corrected chi connectivity index (χ4v) is 4.47. The van der Waals surface area contributed by atoms with Gasteiger partial charge in [0, 0.05) is 25.1 Å². The summed E-state index contributed by atoms with van der Waals surface area (Å²) in [6, 6.07) is -0.0808. The lowest BCUT2D eigenvalue weighted by atomic mass is 9.96. The number of hydrogen-bond acceptors (Lipinski definition) is 5. The molecule has 0 aliphatic carbocycles. The first-order valence-corrected chi connectivity index (χ1v) is 13.4. The SMILES string of the molecule is CCOC(=O)CC[C@@H]1C[C@@H](O[Si](C)(C)C(C)(C)C)CCN1C(=O)OC(C)(C)C. The second kappa shape index (κ2) is 9.61. The zero-order valence-electron chi connectivity index (χ0n) is 19.4. The number of carbonyl (C=O) groups excluding carboxylic acids is 2. The van der Waals surface area contributed by atoms with Gasteiger partial charge < -0.3 is 18.8 Å². The molecule has 28 heavy (non-hydrogen) atoms. The minimum absolute atomic E-state index is 0.0808. The number of nitrogens with zero attached hydrogens (tertiary/aromatic N) is 1. The maximum absolute atomic E-state index is 12.7. The van der Waals surface area contributed by atoms with Crippen LogP contribution in [0.3, 0.4) is 0 Å². The molecule has 7 heteroatoms. The van der Waals surface area contributed by atoms with Crippen molar-refractivity contribution in [3.63, 3.8) is 0 Å². The maximum Gasteiger partial charge on any atom is 0.410 e. The Morgan fingerprint density at radius 3 is 2.21 bits per heavy atom. The van der Waals surface area contributed by atoms with Crippen molar-refractivity contribution in [2.45, 2.75) is 110 Å². The molecule has 0 aromatic heterocycles. The van der Waals surface area contributed by atoms with Crippen molar-refractivity contribution in [1.82, 2.24) is 4.90 Å². The first-order chi connectivity index (χ1) is 12.7. The quantitative estimate of drug-likeness (QED) is 0.445. The highest BCUT2D eigenvalue weighted by molar-refractivity contribution is 6.74. The fourth-order valence-electron chi connectivity index (χ4n) is 3.07. The summed E-state index contributed by atoms with van der Waals surface area (Å²) >= 11 is 0. The van der Waals surface area contributed by atoms with Crippen molar-refractivity contribution in [2.75, 3.05) is 13.2 Å². The van der Waals surface area contributed by atoms with Gasteiger partial charge in [0.1, 0.15) is 5.60 Å². The summed E-state index contributed by atoms with van der Waals surface area (Å²) in [6.07, 6.45) is 2.17. The highest BCUT2D eigenvalue weighted by atomic mass is 28.4. The van der Waals surface area contributed by atoms with E-state index in [1.807, 2.05) is 20.8 Å². The Morgan fingerprint density at radius 2 is 1.71 bits per heavy atom. The summed E-state index contributed by atoms with van der Waals surface area (Å²) in [5.41, 5.74) is -0.544. The smallest absolute Gasteiger partial charge is 0.410 e. The van der Waals surface area contributed by atoms with Gasteiger partial charge in [-0.05, 0) is 65.1 Å². The summed E-state index contributed by atoms with van der Waals surface area (Å²) in [5.74, 6) is -0.223. The number of ether oxygens (including phenoxy) is 2. The summed E-state index contributed by atoms with van der Waals surface area (Å²) in [6.45, 7) is 19.5. The van der Waals surface area contributed by atoms with Crippen LogP contribution in [0.15, 0.2) is 0 Å². The Hall–Kier alpha value is -1.08. The van der Waals surface area contributed by atoms with Crippen molar-refractivity contribution in [3.05, 3.63) is 0 Å². The molecule has 0 radical (unpaired) electrons. The number of piperidine rings is 1. The van der Waals surface area contributed by atoms with Gasteiger partial charge in [0.25, 0.3) is 0 Å². The number of amides is 1. The van der Waals surface area contributed by atoms with Crippen LogP contribution in [0, 0.1) is 0 Å². The molecule has 0 bridgehead atoms. The maximum atomic E-state index is 12.7. The van der Waals surface area contributed by atoms with Crippen molar-refractivity contribution in [1.29, 1.82) is 0 Å². The molecule has 0 aromatic carbocycles. The monoisotopic (exact) mass is 415 g/mol. The van der Waals surface area contributed by atoms with Crippen LogP contribution >= 0.6 is 0 Å². The van der Waals surface area contributed by atoms with Crippen molar-refractivity contribution in [2.24, 2.45) is 0 Å². The third kappa shape index (κ3) is 7.74. The van der Waals surface area contributed by atoms with Gasteiger partial charge in [0.15, 0.2) is 8.32 Å². The van der Waals surface area contributed by atoms with Crippen LogP contribution < -0.4 is 0 Å². The number of rotatable bonds is 6. The van der Waals surface area contributed by atoms with Gasteiger partial charge in [-0.1, -0.05) is 20.8 Å².